The summed E-state index contributed by atoms with van der Waals surface area (Å²) in [7, 11) is 0. The molecule has 0 aliphatic carbocycles. The van der Waals surface area contributed by atoms with Gasteiger partial charge in [-0.15, -0.1) is 0 Å². The molecular weight excluding hydrogens is 242 g/mol. The molecule has 0 saturated carbocycles. The van der Waals surface area contributed by atoms with Gasteiger partial charge in [0.15, 0.2) is 6.61 Å². The first kappa shape index (κ1) is 13.9. The molecule has 0 aromatic heterocycles. The number of nitrogens with zero attached hydrogens (tertiary/aromatic N) is 1. The molecule has 19 heavy (non-hydrogen) atoms. The zero-order valence-electron chi connectivity index (χ0n) is 11.3. The Hall–Kier alpha value is -1.55. The minimum atomic E-state index is -0.527. The fourth-order valence-electron chi connectivity index (χ4n) is 2.24. The number of likely N-dealkylation sites (tertiary alicyclic amines) is 1. The Labute approximate surface area is 114 Å². The van der Waals surface area contributed by atoms with E-state index in [2.05, 4.69) is 0 Å². The molecule has 1 aromatic carbocycles. The predicted octanol–water partition coefficient (Wildman–Crippen LogP) is 2.13. The largest absolute Gasteiger partial charge is 0.484 e. The van der Waals surface area contributed by atoms with Crippen LogP contribution in [-0.2, 0) is 4.79 Å². The third-order valence-electron chi connectivity index (χ3n) is 3.41. The minimum absolute atomic E-state index is 0.0437. The Morgan fingerprint density at radius 2 is 2.11 bits per heavy atom. The molecule has 1 aromatic rings. The van der Waals surface area contributed by atoms with Gasteiger partial charge in [0.05, 0.1) is 6.10 Å². The van der Waals surface area contributed by atoms with Crippen LogP contribution in [-0.4, -0.2) is 35.6 Å². The van der Waals surface area contributed by atoms with Crippen LogP contribution in [0.2, 0.25) is 0 Å². The maximum atomic E-state index is 11.9. The number of rotatable bonds is 4. The summed E-state index contributed by atoms with van der Waals surface area (Å²) in [6.07, 6.45) is 2.86. The van der Waals surface area contributed by atoms with Gasteiger partial charge in [-0.3, -0.25) is 4.79 Å². The number of aliphatic hydroxyl groups excluding tert-OH is 1. The van der Waals surface area contributed by atoms with Crippen molar-refractivity contribution in [3.63, 3.8) is 0 Å². The second-order valence-corrected chi connectivity index (χ2v) is 4.98. The van der Waals surface area contributed by atoms with Gasteiger partial charge in [-0.05, 0) is 43.9 Å². The highest BCUT2D eigenvalue weighted by atomic mass is 16.5. The normalized spacial score (nSPS) is 17.1. The molecule has 4 nitrogen and oxygen atoms in total. The van der Waals surface area contributed by atoms with Crippen LogP contribution in [0.25, 0.3) is 0 Å². The summed E-state index contributed by atoms with van der Waals surface area (Å²) in [6.45, 7) is 3.47. The number of piperidine rings is 1. The van der Waals surface area contributed by atoms with Crippen molar-refractivity contribution in [1.29, 1.82) is 0 Å². The van der Waals surface area contributed by atoms with Gasteiger partial charge in [0, 0.05) is 13.1 Å². The highest BCUT2D eigenvalue weighted by Crippen LogP contribution is 2.19. The van der Waals surface area contributed by atoms with Crippen molar-refractivity contribution in [3.8, 4) is 5.75 Å². The number of carbonyl (C=O) groups is 1. The molecule has 0 unspecified atom stereocenters. The first-order valence-electron chi connectivity index (χ1n) is 6.85. The van der Waals surface area contributed by atoms with Crippen LogP contribution in [0.1, 0.15) is 37.9 Å². The molecule has 1 fully saturated rings. The average molecular weight is 263 g/mol. The molecule has 104 valence electrons. The number of hydrogen-bond acceptors (Lipinski definition) is 3. The molecule has 4 heteroatoms. The van der Waals surface area contributed by atoms with Gasteiger partial charge in [0.2, 0.25) is 0 Å². The standard InChI is InChI=1S/C15H21NO3/c1-12(17)13-6-5-7-14(10-13)19-11-15(18)16-8-3-2-4-9-16/h5-7,10,12,17H,2-4,8-9,11H2,1H3/t12-/m1/s1. The van der Waals surface area contributed by atoms with E-state index >= 15 is 0 Å². The summed E-state index contributed by atoms with van der Waals surface area (Å²) in [6, 6.07) is 7.23. The Balaban J connectivity index is 1.87. The fraction of sp³-hybridized carbons (Fsp3) is 0.533. The lowest BCUT2D eigenvalue weighted by molar-refractivity contribution is -0.134. The van der Waals surface area contributed by atoms with Crippen molar-refractivity contribution in [1.82, 2.24) is 4.90 Å². The molecule has 0 spiro atoms. The number of carbonyl (C=O) groups excluding carboxylic acids is 1. The van der Waals surface area contributed by atoms with E-state index in [1.165, 1.54) is 6.42 Å². The number of hydrogen-bond donors (Lipinski definition) is 1. The molecule has 0 radical (unpaired) electrons. The first-order chi connectivity index (χ1) is 9.16. The van der Waals surface area contributed by atoms with Gasteiger partial charge in [-0.25, -0.2) is 0 Å². The zero-order chi connectivity index (χ0) is 13.7. The lowest BCUT2D eigenvalue weighted by atomic mass is 10.1. The SMILES string of the molecule is C[C@@H](O)c1cccc(OCC(=O)N2CCCCC2)c1. The predicted molar refractivity (Wildman–Crippen MR) is 73.0 cm³/mol. The maximum absolute atomic E-state index is 11.9. The van der Waals surface area contributed by atoms with Crippen LogP contribution in [0.5, 0.6) is 5.75 Å². The summed E-state index contributed by atoms with van der Waals surface area (Å²) >= 11 is 0. The number of ether oxygens (including phenoxy) is 1. The topological polar surface area (TPSA) is 49.8 Å². The highest BCUT2D eigenvalue weighted by molar-refractivity contribution is 5.77. The van der Waals surface area contributed by atoms with Crippen LogP contribution >= 0.6 is 0 Å². The van der Waals surface area contributed by atoms with E-state index in [1.54, 1.807) is 19.1 Å². The van der Waals surface area contributed by atoms with Gasteiger partial charge >= 0.3 is 0 Å². The summed E-state index contributed by atoms with van der Waals surface area (Å²) in [5, 5.41) is 9.50. The number of amides is 1. The monoisotopic (exact) mass is 263 g/mol. The van der Waals surface area contributed by atoms with Crippen LogP contribution < -0.4 is 4.74 Å². The second-order valence-electron chi connectivity index (χ2n) is 4.98. The van der Waals surface area contributed by atoms with Crippen LogP contribution in [0.3, 0.4) is 0 Å². The number of aliphatic hydroxyl groups is 1. The molecule has 2 rings (SSSR count). The van der Waals surface area contributed by atoms with E-state index < -0.39 is 6.10 Å². The molecule has 0 bridgehead atoms. The third kappa shape index (κ3) is 3.96. The van der Waals surface area contributed by atoms with E-state index in [0.29, 0.717) is 5.75 Å². The third-order valence-corrected chi connectivity index (χ3v) is 3.41. The van der Waals surface area contributed by atoms with Crippen LogP contribution in [0, 0.1) is 0 Å². The minimum Gasteiger partial charge on any atom is -0.484 e. The number of benzene rings is 1. The Morgan fingerprint density at radius 3 is 2.79 bits per heavy atom. The molecule has 1 amide bonds. The van der Waals surface area contributed by atoms with E-state index in [9.17, 15) is 9.90 Å². The fourth-order valence-corrected chi connectivity index (χ4v) is 2.24. The van der Waals surface area contributed by atoms with Crippen LogP contribution in [0.4, 0.5) is 0 Å². The Kier molecular flexibility index (Phi) is 4.80. The molecule has 1 atom stereocenters. The van der Waals surface area contributed by atoms with Crippen molar-refractivity contribution < 1.29 is 14.6 Å². The summed E-state index contributed by atoms with van der Waals surface area (Å²) in [4.78, 5) is 13.8. The average Bonchev–Trinajstić information content (AvgIpc) is 2.46. The van der Waals surface area contributed by atoms with Gasteiger partial charge in [0.25, 0.3) is 5.91 Å². The van der Waals surface area contributed by atoms with Gasteiger partial charge in [-0.2, -0.15) is 0 Å². The summed E-state index contributed by atoms with van der Waals surface area (Å²) in [5.41, 5.74) is 0.794. The van der Waals surface area contributed by atoms with Crippen molar-refractivity contribution in [2.24, 2.45) is 0 Å². The molecular formula is C15H21NO3. The smallest absolute Gasteiger partial charge is 0.260 e. The summed E-state index contributed by atoms with van der Waals surface area (Å²) in [5.74, 6) is 0.672. The molecule has 1 aliphatic heterocycles. The molecule has 1 N–H and O–H groups in total. The highest BCUT2D eigenvalue weighted by Gasteiger charge is 2.16. The lowest BCUT2D eigenvalue weighted by Gasteiger charge is -2.26. The Bertz CT molecular complexity index is 425. The second kappa shape index (κ2) is 6.57. The maximum Gasteiger partial charge on any atom is 0.260 e. The molecule has 1 heterocycles. The van der Waals surface area contributed by atoms with E-state index in [0.717, 1.165) is 31.5 Å². The lowest BCUT2D eigenvalue weighted by Crippen LogP contribution is -2.38. The molecule has 1 saturated heterocycles. The molecule has 1 aliphatic rings. The van der Waals surface area contributed by atoms with Gasteiger partial charge in [-0.1, -0.05) is 12.1 Å². The Morgan fingerprint density at radius 1 is 1.37 bits per heavy atom. The van der Waals surface area contributed by atoms with Crippen LogP contribution in [0.15, 0.2) is 24.3 Å². The van der Waals surface area contributed by atoms with E-state index in [-0.39, 0.29) is 12.5 Å². The van der Waals surface area contributed by atoms with Crippen molar-refractivity contribution in [3.05, 3.63) is 29.8 Å². The summed E-state index contributed by atoms with van der Waals surface area (Å²) < 4.78 is 5.51. The quantitative estimate of drug-likeness (QED) is 0.905. The van der Waals surface area contributed by atoms with Gasteiger partial charge in [0.1, 0.15) is 5.75 Å². The van der Waals surface area contributed by atoms with Gasteiger partial charge < -0.3 is 14.7 Å². The van der Waals surface area contributed by atoms with Crippen molar-refractivity contribution >= 4 is 5.91 Å². The van der Waals surface area contributed by atoms with Crippen molar-refractivity contribution in [2.75, 3.05) is 19.7 Å². The van der Waals surface area contributed by atoms with Crippen molar-refractivity contribution in [2.45, 2.75) is 32.3 Å². The van der Waals surface area contributed by atoms with E-state index in [4.69, 9.17) is 4.74 Å². The zero-order valence-corrected chi connectivity index (χ0v) is 11.3. The first-order valence-corrected chi connectivity index (χ1v) is 6.85. The van der Waals surface area contributed by atoms with E-state index in [1.807, 2.05) is 17.0 Å².